The van der Waals surface area contributed by atoms with E-state index in [0.717, 1.165) is 24.1 Å². The number of nitrogens with one attached hydrogen (secondary N) is 2. The summed E-state index contributed by atoms with van der Waals surface area (Å²) in [5, 5.41) is 18.5. The van der Waals surface area contributed by atoms with Gasteiger partial charge in [0.05, 0.1) is 16.9 Å². The summed E-state index contributed by atoms with van der Waals surface area (Å²) >= 11 is 2.80. The van der Waals surface area contributed by atoms with Crippen molar-refractivity contribution in [3.63, 3.8) is 0 Å². The molecule has 1 aliphatic rings. The van der Waals surface area contributed by atoms with Crippen molar-refractivity contribution >= 4 is 45.6 Å². The zero-order valence-electron chi connectivity index (χ0n) is 19.5. The third-order valence-corrected chi connectivity index (χ3v) is 7.55. The van der Waals surface area contributed by atoms with Gasteiger partial charge < -0.3 is 10.6 Å². The molecule has 1 aliphatic heterocycles. The SMILES string of the molecule is CCCCCCNC(=O)CSC1=NC(C)=C(C(=O)Nc2ccccc2)C(c2cccs2)C1C#N. The number of unbranched alkanes of at least 4 members (excludes halogenated alkanes) is 3. The number of benzene rings is 1. The Labute approximate surface area is 209 Å². The van der Waals surface area contributed by atoms with Crippen molar-refractivity contribution in [3.05, 3.63) is 64.0 Å². The summed E-state index contributed by atoms with van der Waals surface area (Å²) in [5.41, 5.74) is 1.74. The van der Waals surface area contributed by atoms with E-state index in [2.05, 4.69) is 28.6 Å². The van der Waals surface area contributed by atoms with E-state index in [1.807, 2.05) is 47.8 Å². The van der Waals surface area contributed by atoms with Crippen molar-refractivity contribution < 1.29 is 9.59 Å². The molecule has 0 saturated heterocycles. The van der Waals surface area contributed by atoms with Crippen molar-refractivity contribution in [1.29, 1.82) is 5.26 Å². The van der Waals surface area contributed by atoms with Crippen LogP contribution in [-0.4, -0.2) is 29.2 Å². The fourth-order valence-electron chi connectivity index (χ4n) is 3.85. The summed E-state index contributed by atoms with van der Waals surface area (Å²) in [4.78, 5) is 31.2. The minimum Gasteiger partial charge on any atom is -0.355 e. The molecule has 2 atom stereocenters. The number of hydrogen-bond acceptors (Lipinski definition) is 6. The van der Waals surface area contributed by atoms with E-state index < -0.39 is 11.8 Å². The van der Waals surface area contributed by atoms with Crippen LogP contribution in [0.25, 0.3) is 0 Å². The highest BCUT2D eigenvalue weighted by Crippen LogP contribution is 2.42. The van der Waals surface area contributed by atoms with Crippen LogP contribution in [-0.2, 0) is 9.59 Å². The van der Waals surface area contributed by atoms with Crippen LogP contribution >= 0.6 is 23.1 Å². The van der Waals surface area contributed by atoms with Gasteiger partial charge in [-0.3, -0.25) is 9.59 Å². The average Bonchev–Trinajstić information content (AvgIpc) is 3.37. The molecule has 3 rings (SSSR count). The van der Waals surface area contributed by atoms with Crippen LogP contribution in [0.1, 0.15) is 50.3 Å². The molecule has 2 N–H and O–H groups in total. The zero-order valence-corrected chi connectivity index (χ0v) is 21.2. The number of carbonyl (C=O) groups excluding carboxylic acids is 2. The predicted octanol–water partition coefficient (Wildman–Crippen LogP) is 5.73. The number of allylic oxidation sites excluding steroid dienone is 1. The Morgan fingerprint density at radius 1 is 1.15 bits per heavy atom. The second kappa shape index (κ2) is 13.1. The van der Waals surface area contributed by atoms with E-state index in [-0.39, 0.29) is 17.6 Å². The molecule has 178 valence electrons. The first-order valence-corrected chi connectivity index (χ1v) is 13.4. The summed E-state index contributed by atoms with van der Waals surface area (Å²) in [6.45, 7) is 4.61. The number of thiophene rings is 1. The number of para-hydroxylation sites is 1. The van der Waals surface area contributed by atoms with Gasteiger partial charge in [0.2, 0.25) is 5.91 Å². The second-order valence-electron chi connectivity index (χ2n) is 8.07. The lowest BCUT2D eigenvalue weighted by atomic mass is 9.82. The lowest BCUT2D eigenvalue weighted by molar-refractivity contribution is -0.118. The number of amides is 2. The summed E-state index contributed by atoms with van der Waals surface area (Å²) < 4.78 is 0. The van der Waals surface area contributed by atoms with Crippen molar-refractivity contribution in [3.8, 4) is 6.07 Å². The Balaban J connectivity index is 1.78. The molecule has 2 heterocycles. The molecule has 2 unspecified atom stereocenters. The lowest BCUT2D eigenvalue weighted by Gasteiger charge is -2.29. The monoisotopic (exact) mass is 494 g/mol. The Kier molecular flexibility index (Phi) is 9.92. The number of nitriles is 1. The molecule has 2 amide bonds. The largest absolute Gasteiger partial charge is 0.355 e. The number of carbonyl (C=O) groups is 2. The van der Waals surface area contributed by atoms with Crippen molar-refractivity contribution in [2.75, 3.05) is 17.6 Å². The fraction of sp³-hybridized carbons (Fsp3) is 0.385. The van der Waals surface area contributed by atoms with Crippen LogP contribution in [0.3, 0.4) is 0 Å². The number of aliphatic imine (C=N–C) groups is 1. The molecule has 1 aromatic carbocycles. The van der Waals surface area contributed by atoms with Gasteiger partial charge in [-0.25, -0.2) is 4.99 Å². The normalized spacial score (nSPS) is 17.6. The Morgan fingerprint density at radius 3 is 2.62 bits per heavy atom. The number of anilines is 1. The molecule has 0 aliphatic carbocycles. The van der Waals surface area contributed by atoms with Crippen LogP contribution in [0.2, 0.25) is 0 Å². The minimum absolute atomic E-state index is 0.0668. The molecule has 0 fully saturated rings. The molecule has 0 bridgehead atoms. The first-order chi connectivity index (χ1) is 16.5. The summed E-state index contributed by atoms with van der Waals surface area (Å²) in [7, 11) is 0. The highest BCUT2D eigenvalue weighted by atomic mass is 32.2. The van der Waals surface area contributed by atoms with E-state index >= 15 is 0 Å². The molecule has 6 nitrogen and oxygen atoms in total. The topological polar surface area (TPSA) is 94.3 Å². The molecule has 0 radical (unpaired) electrons. The molecule has 8 heteroatoms. The van der Waals surface area contributed by atoms with E-state index in [0.29, 0.717) is 28.5 Å². The smallest absolute Gasteiger partial charge is 0.254 e. The Bertz CT molecular complexity index is 1070. The molecule has 2 aromatic rings. The quantitative estimate of drug-likeness (QED) is 0.413. The summed E-state index contributed by atoms with van der Waals surface area (Å²) in [6.07, 6.45) is 4.39. The number of hydrogen-bond donors (Lipinski definition) is 2. The molecular formula is C26H30N4O2S2. The van der Waals surface area contributed by atoms with Gasteiger partial charge in [0, 0.05) is 34.3 Å². The van der Waals surface area contributed by atoms with E-state index in [9.17, 15) is 14.9 Å². The van der Waals surface area contributed by atoms with E-state index in [1.165, 1.54) is 29.5 Å². The number of rotatable bonds is 10. The highest BCUT2D eigenvalue weighted by Gasteiger charge is 2.39. The third-order valence-electron chi connectivity index (χ3n) is 5.55. The third kappa shape index (κ3) is 6.81. The number of thioether (sulfide) groups is 1. The number of nitrogens with zero attached hydrogens (tertiary/aromatic N) is 2. The standard InChI is InChI=1S/C26H30N4O2S2/c1-3-4-5-9-14-28-22(31)17-34-26-20(16-27)24(21-13-10-15-33-21)23(18(2)29-26)25(32)30-19-11-7-6-8-12-19/h6-8,10-13,15,20,24H,3-5,9,14,17H2,1-2H3,(H,28,31)(H,30,32). The maximum Gasteiger partial charge on any atom is 0.254 e. The van der Waals surface area contributed by atoms with Crippen LogP contribution in [0.5, 0.6) is 0 Å². The van der Waals surface area contributed by atoms with Crippen molar-refractivity contribution in [1.82, 2.24) is 5.32 Å². The van der Waals surface area contributed by atoms with Crippen LogP contribution < -0.4 is 10.6 Å². The average molecular weight is 495 g/mol. The van der Waals surface area contributed by atoms with Crippen molar-refractivity contribution in [2.24, 2.45) is 10.9 Å². The summed E-state index contributed by atoms with van der Waals surface area (Å²) in [6, 6.07) is 15.5. The van der Waals surface area contributed by atoms with Crippen LogP contribution in [0.15, 0.2) is 64.1 Å². The molecular weight excluding hydrogens is 464 g/mol. The van der Waals surface area contributed by atoms with E-state index in [4.69, 9.17) is 0 Å². The zero-order chi connectivity index (χ0) is 24.3. The molecule has 34 heavy (non-hydrogen) atoms. The van der Waals surface area contributed by atoms with Gasteiger partial charge in [0.25, 0.3) is 5.91 Å². The van der Waals surface area contributed by atoms with Gasteiger partial charge in [0.1, 0.15) is 5.92 Å². The highest BCUT2D eigenvalue weighted by molar-refractivity contribution is 8.14. The summed E-state index contributed by atoms with van der Waals surface area (Å²) in [5.74, 6) is -1.21. The first kappa shape index (κ1) is 25.7. The first-order valence-electron chi connectivity index (χ1n) is 11.5. The fourth-order valence-corrected chi connectivity index (χ4v) is 5.67. The van der Waals surface area contributed by atoms with Gasteiger partial charge >= 0.3 is 0 Å². The Morgan fingerprint density at radius 2 is 1.94 bits per heavy atom. The predicted molar refractivity (Wildman–Crippen MR) is 141 cm³/mol. The molecule has 0 spiro atoms. The Hall–Kier alpha value is -2.89. The molecule has 0 saturated carbocycles. The van der Waals surface area contributed by atoms with Gasteiger partial charge in [-0.1, -0.05) is 62.2 Å². The van der Waals surface area contributed by atoms with Crippen LogP contribution in [0, 0.1) is 17.2 Å². The van der Waals surface area contributed by atoms with Gasteiger partial charge in [0.15, 0.2) is 0 Å². The van der Waals surface area contributed by atoms with Gasteiger partial charge in [-0.05, 0) is 36.9 Å². The van der Waals surface area contributed by atoms with Gasteiger partial charge in [-0.2, -0.15) is 5.26 Å². The van der Waals surface area contributed by atoms with Crippen LogP contribution in [0.4, 0.5) is 5.69 Å². The van der Waals surface area contributed by atoms with Gasteiger partial charge in [-0.15, -0.1) is 11.3 Å². The maximum absolute atomic E-state index is 13.3. The van der Waals surface area contributed by atoms with Crippen molar-refractivity contribution in [2.45, 2.75) is 45.4 Å². The maximum atomic E-state index is 13.3. The van der Waals surface area contributed by atoms with E-state index in [1.54, 1.807) is 6.92 Å². The lowest BCUT2D eigenvalue weighted by Crippen LogP contribution is -2.32. The second-order valence-corrected chi connectivity index (χ2v) is 10.0. The molecule has 1 aromatic heterocycles. The minimum atomic E-state index is -0.638.